The van der Waals surface area contributed by atoms with Crippen LogP contribution in [0.5, 0.6) is 5.75 Å². The van der Waals surface area contributed by atoms with Crippen LogP contribution in [0.3, 0.4) is 0 Å². The lowest BCUT2D eigenvalue weighted by molar-refractivity contribution is 0.0645. The average molecular weight is 488 g/mol. The topological polar surface area (TPSA) is 45.7 Å². The molecule has 1 saturated heterocycles. The van der Waals surface area contributed by atoms with Crippen LogP contribution in [-0.4, -0.2) is 53.4 Å². The summed E-state index contributed by atoms with van der Waals surface area (Å²) in [6, 6.07) is 13.0. The van der Waals surface area contributed by atoms with Gasteiger partial charge in [-0.3, -0.25) is 9.69 Å². The van der Waals surface area contributed by atoms with Crippen molar-refractivity contribution in [3.05, 3.63) is 81.8 Å². The molecule has 0 N–H and O–H groups in total. The fourth-order valence-electron chi connectivity index (χ4n) is 3.48. The number of rotatable bonds is 7. The Morgan fingerprint density at radius 3 is 2.56 bits per heavy atom. The second-order valence-electron chi connectivity index (χ2n) is 7.48. The monoisotopic (exact) mass is 487 g/mol. The predicted octanol–water partition coefficient (Wildman–Crippen LogP) is 5.64. The molecule has 0 atom stereocenters. The molecule has 4 rings (SSSR count). The smallest absolute Gasteiger partial charge is 0.273 e. The Bertz CT molecular complexity index is 1090. The van der Waals surface area contributed by atoms with Gasteiger partial charge in [0, 0.05) is 48.7 Å². The number of thiazole rings is 1. The molecule has 5 nitrogen and oxygen atoms in total. The van der Waals surface area contributed by atoms with E-state index >= 15 is 0 Å². The zero-order valence-electron chi connectivity index (χ0n) is 17.5. The summed E-state index contributed by atoms with van der Waals surface area (Å²) in [6.07, 6.45) is 1.89. The van der Waals surface area contributed by atoms with Gasteiger partial charge in [-0.25, -0.2) is 4.98 Å². The molecule has 2 heterocycles. The van der Waals surface area contributed by atoms with E-state index in [0.29, 0.717) is 46.2 Å². The van der Waals surface area contributed by atoms with E-state index in [4.69, 9.17) is 27.9 Å². The summed E-state index contributed by atoms with van der Waals surface area (Å²) >= 11 is 13.8. The van der Waals surface area contributed by atoms with Gasteiger partial charge in [0.15, 0.2) is 0 Å². The Morgan fingerprint density at radius 2 is 1.88 bits per heavy atom. The van der Waals surface area contributed by atoms with Gasteiger partial charge < -0.3 is 9.64 Å². The minimum absolute atomic E-state index is 0.0372. The maximum atomic E-state index is 12.9. The Hall–Kier alpha value is -2.38. The number of carbonyl (C=O) groups excluding carboxylic acids is 1. The number of amides is 1. The largest absolute Gasteiger partial charge is 0.489 e. The zero-order valence-corrected chi connectivity index (χ0v) is 19.8. The number of hydrogen-bond donors (Lipinski definition) is 0. The molecule has 0 spiro atoms. The zero-order chi connectivity index (χ0) is 22.5. The molecule has 2 aromatic carbocycles. The van der Waals surface area contributed by atoms with Gasteiger partial charge in [-0.2, -0.15) is 0 Å². The number of nitrogens with zero attached hydrogens (tertiary/aromatic N) is 3. The normalized spacial score (nSPS) is 14.4. The minimum atomic E-state index is -0.0372. The number of aromatic nitrogens is 1. The van der Waals surface area contributed by atoms with E-state index in [-0.39, 0.29) is 5.91 Å². The number of hydrogen-bond acceptors (Lipinski definition) is 5. The molecule has 0 bridgehead atoms. The van der Waals surface area contributed by atoms with Gasteiger partial charge in [-0.05, 0) is 35.9 Å². The van der Waals surface area contributed by atoms with Crippen molar-refractivity contribution in [3.63, 3.8) is 0 Å². The maximum absolute atomic E-state index is 12.9. The van der Waals surface area contributed by atoms with E-state index < -0.39 is 0 Å². The van der Waals surface area contributed by atoms with Crippen LogP contribution in [-0.2, 0) is 6.61 Å². The lowest BCUT2D eigenvalue weighted by Crippen LogP contribution is -2.48. The Kier molecular flexibility index (Phi) is 7.48. The van der Waals surface area contributed by atoms with E-state index in [1.165, 1.54) is 11.3 Å². The highest BCUT2D eigenvalue weighted by Gasteiger charge is 2.24. The Labute approximate surface area is 201 Å². The summed E-state index contributed by atoms with van der Waals surface area (Å²) in [5.41, 5.74) is 2.26. The average Bonchev–Trinajstić information content (AvgIpc) is 3.29. The van der Waals surface area contributed by atoms with Crippen LogP contribution in [0, 0.1) is 0 Å². The van der Waals surface area contributed by atoms with E-state index in [1.54, 1.807) is 11.4 Å². The molecule has 0 unspecified atom stereocenters. The van der Waals surface area contributed by atoms with Crippen molar-refractivity contribution in [2.75, 3.05) is 32.7 Å². The molecule has 0 radical (unpaired) electrons. The molecule has 1 aromatic heterocycles. The molecule has 32 heavy (non-hydrogen) atoms. The molecule has 8 heteroatoms. The molecule has 1 aliphatic rings. The lowest BCUT2D eigenvalue weighted by Gasteiger charge is -2.33. The highest BCUT2D eigenvalue weighted by Crippen LogP contribution is 2.33. The van der Waals surface area contributed by atoms with Gasteiger partial charge in [-0.15, -0.1) is 17.9 Å². The SMILES string of the molecule is C=CCN1CCN(C(=O)c2csc(-c3ccc(OCc4ccc(Cl)cc4)cc3Cl)n2)CC1. The molecule has 1 aliphatic heterocycles. The van der Waals surface area contributed by atoms with Crippen LogP contribution in [0.4, 0.5) is 0 Å². The molecule has 0 aliphatic carbocycles. The van der Waals surface area contributed by atoms with Gasteiger partial charge in [0.1, 0.15) is 23.1 Å². The summed E-state index contributed by atoms with van der Waals surface area (Å²) in [5.74, 6) is 0.628. The van der Waals surface area contributed by atoms with E-state index in [2.05, 4.69) is 16.5 Å². The number of carbonyl (C=O) groups is 1. The number of benzene rings is 2. The van der Waals surface area contributed by atoms with E-state index in [0.717, 1.165) is 30.8 Å². The van der Waals surface area contributed by atoms with Crippen molar-refractivity contribution < 1.29 is 9.53 Å². The van der Waals surface area contributed by atoms with Crippen LogP contribution in [0.25, 0.3) is 10.6 Å². The van der Waals surface area contributed by atoms with Crippen LogP contribution in [0.1, 0.15) is 16.1 Å². The predicted molar refractivity (Wildman–Crippen MR) is 131 cm³/mol. The van der Waals surface area contributed by atoms with Crippen LogP contribution in [0.2, 0.25) is 10.0 Å². The van der Waals surface area contributed by atoms with Crippen LogP contribution < -0.4 is 4.74 Å². The first-order valence-corrected chi connectivity index (χ1v) is 11.9. The maximum Gasteiger partial charge on any atom is 0.273 e. The lowest BCUT2D eigenvalue weighted by atomic mass is 10.2. The van der Waals surface area contributed by atoms with Crippen molar-refractivity contribution in [1.29, 1.82) is 0 Å². The fourth-order valence-corrected chi connectivity index (χ4v) is 4.75. The molecular formula is C24H23Cl2N3O2S. The van der Waals surface area contributed by atoms with Gasteiger partial charge in [0.2, 0.25) is 0 Å². The molecule has 3 aromatic rings. The quantitative estimate of drug-likeness (QED) is 0.404. The minimum Gasteiger partial charge on any atom is -0.489 e. The summed E-state index contributed by atoms with van der Waals surface area (Å²) in [4.78, 5) is 21.6. The van der Waals surface area contributed by atoms with Crippen molar-refractivity contribution in [3.8, 4) is 16.3 Å². The van der Waals surface area contributed by atoms with Crippen molar-refractivity contribution in [2.45, 2.75) is 6.61 Å². The summed E-state index contributed by atoms with van der Waals surface area (Å²) < 4.78 is 5.84. The van der Waals surface area contributed by atoms with E-state index in [9.17, 15) is 4.79 Å². The first kappa shape index (κ1) is 22.8. The third kappa shape index (κ3) is 5.51. The first-order valence-electron chi connectivity index (χ1n) is 10.3. The molecule has 166 valence electrons. The second-order valence-corrected chi connectivity index (χ2v) is 9.18. The van der Waals surface area contributed by atoms with E-state index in [1.807, 2.05) is 47.4 Å². The third-order valence-electron chi connectivity index (χ3n) is 5.26. The van der Waals surface area contributed by atoms with Gasteiger partial charge >= 0.3 is 0 Å². The Morgan fingerprint density at radius 1 is 1.12 bits per heavy atom. The van der Waals surface area contributed by atoms with Crippen molar-refractivity contribution >= 4 is 40.4 Å². The fraction of sp³-hybridized carbons (Fsp3) is 0.250. The standard InChI is InChI=1S/C24H23Cl2N3O2S/c1-2-9-28-10-12-29(13-11-28)24(30)22-16-32-23(27-22)20-8-7-19(14-21(20)26)31-15-17-3-5-18(25)6-4-17/h2-8,14,16H,1,9-13,15H2. The van der Waals surface area contributed by atoms with Gasteiger partial charge in [0.05, 0.1) is 5.02 Å². The summed E-state index contributed by atoms with van der Waals surface area (Å²) in [7, 11) is 0. The summed E-state index contributed by atoms with van der Waals surface area (Å²) in [5, 5.41) is 3.74. The van der Waals surface area contributed by atoms with Gasteiger partial charge in [0.25, 0.3) is 5.91 Å². The van der Waals surface area contributed by atoms with Crippen LogP contribution in [0.15, 0.2) is 60.5 Å². The van der Waals surface area contributed by atoms with Crippen molar-refractivity contribution in [2.24, 2.45) is 0 Å². The molecule has 1 fully saturated rings. The molecule has 0 saturated carbocycles. The number of ether oxygens (including phenoxy) is 1. The highest BCUT2D eigenvalue weighted by atomic mass is 35.5. The number of piperazine rings is 1. The first-order chi connectivity index (χ1) is 15.5. The third-order valence-corrected chi connectivity index (χ3v) is 6.70. The summed E-state index contributed by atoms with van der Waals surface area (Å²) in [6.45, 7) is 8.12. The second kappa shape index (κ2) is 10.5. The van der Waals surface area contributed by atoms with Crippen LogP contribution >= 0.6 is 34.5 Å². The van der Waals surface area contributed by atoms with Gasteiger partial charge in [-0.1, -0.05) is 41.4 Å². The molecular weight excluding hydrogens is 465 g/mol. The molecule has 1 amide bonds. The highest BCUT2D eigenvalue weighted by molar-refractivity contribution is 7.13. The Balaban J connectivity index is 1.39. The number of halogens is 2. The van der Waals surface area contributed by atoms with Crippen molar-refractivity contribution in [1.82, 2.24) is 14.8 Å².